The van der Waals surface area contributed by atoms with Crippen molar-refractivity contribution in [3.63, 3.8) is 0 Å². The Bertz CT molecular complexity index is 480. The van der Waals surface area contributed by atoms with E-state index < -0.39 is 11.9 Å². The van der Waals surface area contributed by atoms with Crippen molar-refractivity contribution in [3.8, 4) is 0 Å². The molecule has 4 nitrogen and oxygen atoms in total. The van der Waals surface area contributed by atoms with Gasteiger partial charge in [0.2, 0.25) is 5.91 Å². The van der Waals surface area contributed by atoms with Crippen molar-refractivity contribution in [1.82, 2.24) is 5.32 Å². The number of allylic oxidation sites excluding steroid dienone is 1. The van der Waals surface area contributed by atoms with Gasteiger partial charge >= 0.3 is 5.97 Å². The molecule has 1 unspecified atom stereocenters. The molecular weight excluding hydrogens is 254 g/mol. The number of aliphatic carboxylic acids is 1. The van der Waals surface area contributed by atoms with Crippen LogP contribution in [-0.4, -0.2) is 23.5 Å². The standard InChI is InChI=1S/C16H21NO3/c1-3-7-12(2)15(18)17-11-14(16(19)20)10-13-8-5-4-6-9-13/h4-9,14H,3,10-11H2,1-2H3,(H,17,18)(H,19,20)/b12-7+. The highest BCUT2D eigenvalue weighted by molar-refractivity contribution is 5.92. The molecule has 0 radical (unpaired) electrons. The third kappa shape index (κ3) is 5.26. The Hall–Kier alpha value is -2.10. The van der Waals surface area contributed by atoms with Gasteiger partial charge in [-0.25, -0.2) is 0 Å². The number of nitrogens with one attached hydrogen (secondary N) is 1. The number of carboxylic acids is 1. The third-order valence-corrected chi connectivity index (χ3v) is 3.05. The number of amides is 1. The van der Waals surface area contributed by atoms with E-state index in [0.717, 1.165) is 12.0 Å². The molecule has 0 aliphatic heterocycles. The fourth-order valence-electron chi connectivity index (χ4n) is 1.90. The molecule has 0 aromatic heterocycles. The summed E-state index contributed by atoms with van der Waals surface area (Å²) >= 11 is 0. The maximum Gasteiger partial charge on any atom is 0.308 e. The molecule has 4 heteroatoms. The van der Waals surface area contributed by atoms with E-state index in [1.807, 2.05) is 43.3 Å². The quantitative estimate of drug-likeness (QED) is 0.751. The molecule has 0 aliphatic rings. The Morgan fingerprint density at radius 2 is 1.95 bits per heavy atom. The topological polar surface area (TPSA) is 66.4 Å². The lowest BCUT2D eigenvalue weighted by Gasteiger charge is -2.13. The van der Waals surface area contributed by atoms with Gasteiger partial charge in [-0.2, -0.15) is 0 Å². The second-order valence-corrected chi connectivity index (χ2v) is 4.73. The summed E-state index contributed by atoms with van der Waals surface area (Å²) in [5.41, 5.74) is 1.58. The van der Waals surface area contributed by atoms with Gasteiger partial charge in [-0.3, -0.25) is 9.59 Å². The first-order valence-electron chi connectivity index (χ1n) is 6.76. The molecule has 1 aromatic rings. The normalized spacial score (nSPS) is 12.8. The highest BCUT2D eigenvalue weighted by atomic mass is 16.4. The van der Waals surface area contributed by atoms with Gasteiger partial charge in [0, 0.05) is 12.1 Å². The second kappa shape index (κ2) is 8.15. The number of carbonyl (C=O) groups is 2. The van der Waals surface area contributed by atoms with E-state index in [1.165, 1.54) is 0 Å². The van der Waals surface area contributed by atoms with Gasteiger partial charge in [-0.05, 0) is 25.3 Å². The van der Waals surface area contributed by atoms with Gasteiger partial charge in [0.25, 0.3) is 0 Å². The Kier molecular flexibility index (Phi) is 6.50. The second-order valence-electron chi connectivity index (χ2n) is 4.73. The van der Waals surface area contributed by atoms with Crippen molar-refractivity contribution in [2.45, 2.75) is 26.7 Å². The minimum absolute atomic E-state index is 0.137. The van der Waals surface area contributed by atoms with E-state index in [9.17, 15) is 14.7 Å². The zero-order valence-electron chi connectivity index (χ0n) is 11.9. The Labute approximate surface area is 119 Å². The number of rotatable bonds is 7. The predicted octanol–water partition coefficient (Wildman–Crippen LogP) is 2.40. The zero-order valence-corrected chi connectivity index (χ0v) is 11.9. The summed E-state index contributed by atoms with van der Waals surface area (Å²) in [6.07, 6.45) is 3.01. The van der Waals surface area contributed by atoms with E-state index in [4.69, 9.17) is 0 Å². The minimum Gasteiger partial charge on any atom is -0.481 e. The van der Waals surface area contributed by atoms with Gasteiger partial charge in [-0.1, -0.05) is 43.3 Å². The largest absolute Gasteiger partial charge is 0.481 e. The Balaban J connectivity index is 2.58. The average Bonchev–Trinajstić information content (AvgIpc) is 2.44. The first-order chi connectivity index (χ1) is 9.54. The van der Waals surface area contributed by atoms with E-state index >= 15 is 0 Å². The van der Waals surface area contributed by atoms with Crippen LogP contribution in [0.5, 0.6) is 0 Å². The number of hydrogen-bond donors (Lipinski definition) is 2. The van der Waals surface area contributed by atoms with Crippen molar-refractivity contribution in [1.29, 1.82) is 0 Å². The lowest BCUT2D eigenvalue weighted by molar-refractivity contribution is -0.141. The van der Waals surface area contributed by atoms with Crippen LogP contribution in [0.1, 0.15) is 25.8 Å². The molecule has 0 saturated carbocycles. The van der Waals surface area contributed by atoms with Crippen LogP contribution in [0.4, 0.5) is 0 Å². The summed E-state index contributed by atoms with van der Waals surface area (Å²) in [7, 11) is 0. The number of carbonyl (C=O) groups excluding carboxylic acids is 1. The van der Waals surface area contributed by atoms with E-state index in [2.05, 4.69) is 5.32 Å². The van der Waals surface area contributed by atoms with Gasteiger partial charge in [0.15, 0.2) is 0 Å². The summed E-state index contributed by atoms with van der Waals surface area (Å²) < 4.78 is 0. The van der Waals surface area contributed by atoms with Crippen LogP contribution >= 0.6 is 0 Å². The monoisotopic (exact) mass is 275 g/mol. The molecule has 2 N–H and O–H groups in total. The SMILES string of the molecule is CC/C=C(\C)C(=O)NCC(Cc1ccccc1)C(=O)O. The minimum atomic E-state index is -0.897. The van der Waals surface area contributed by atoms with Gasteiger partial charge in [0.05, 0.1) is 5.92 Å². The molecule has 1 aromatic carbocycles. The maximum atomic E-state index is 11.7. The fourth-order valence-corrected chi connectivity index (χ4v) is 1.90. The molecule has 0 fully saturated rings. The van der Waals surface area contributed by atoms with Crippen LogP contribution in [-0.2, 0) is 16.0 Å². The summed E-state index contributed by atoms with van der Waals surface area (Å²) in [4.78, 5) is 23.0. The van der Waals surface area contributed by atoms with E-state index in [-0.39, 0.29) is 12.5 Å². The summed E-state index contributed by atoms with van der Waals surface area (Å²) in [5, 5.41) is 11.9. The third-order valence-electron chi connectivity index (χ3n) is 3.05. The lowest BCUT2D eigenvalue weighted by Crippen LogP contribution is -2.34. The fraction of sp³-hybridized carbons (Fsp3) is 0.375. The molecule has 0 bridgehead atoms. The molecule has 108 valence electrons. The first-order valence-corrected chi connectivity index (χ1v) is 6.76. The van der Waals surface area contributed by atoms with Crippen molar-refractivity contribution in [2.24, 2.45) is 5.92 Å². The molecule has 0 saturated heterocycles. The average molecular weight is 275 g/mol. The highest BCUT2D eigenvalue weighted by Crippen LogP contribution is 2.09. The molecule has 0 aliphatic carbocycles. The Morgan fingerprint density at radius 3 is 2.50 bits per heavy atom. The lowest BCUT2D eigenvalue weighted by atomic mass is 9.99. The van der Waals surface area contributed by atoms with Gasteiger partial charge < -0.3 is 10.4 Å². The summed E-state index contributed by atoms with van der Waals surface area (Å²) in [5.74, 6) is -1.71. The van der Waals surface area contributed by atoms with E-state index in [1.54, 1.807) is 6.92 Å². The molecule has 1 rings (SSSR count). The van der Waals surface area contributed by atoms with Gasteiger partial charge in [-0.15, -0.1) is 0 Å². The van der Waals surface area contributed by atoms with E-state index in [0.29, 0.717) is 12.0 Å². The first kappa shape index (κ1) is 16.0. The molecular formula is C16H21NO3. The molecule has 0 heterocycles. The molecule has 1 atom stereocenters. The van der Waals surface area contributed by atoms with Crippen LogP contribution in [0.15, 0.2) is 42.0 Å². The maximum absolute atomic E-state index is 11.7. The van der Waals surface area contributed by atoms with Crippen LogP contribution < -0.4 is 5.32 Å². The zero-order chi connectivity index (χ0) is 15.0. The number of benzene rings is 1. The van der Waals surface area contributed by atoms with Crippen molar-refractivity contribution in [3.05, 3.63) is 47.5 Å². The predicted molar refractivity (Wildman–Crippen MR) is 78.3 cm³/mol. The van der Waals surface area contributed by atoms with Crippen molar-refractivity contribution < 1.29 is 14.7 Å². The highest BCUT2D eigenvalue weighted by Gasteiger charge is 2.19. The molecule has 20 heavy (non-hydrogen) atoms. The van der Waals surface area contributed by atoms with Crippen molar-refractivity contribution >= 4 is 11.9 Å². The summed E-state index contributed by atoms with van der Waals surface area (Å²) in [6, 6.07) is 9.42. The van der Waals surface area contributed by atoms with Crippen LogP contribution in [0.3, 0.4) is 0 Å². The van der Waals surface area contributed by atoms with Gasteiger partial charge in [0.1, 0.15) is 0 Å². The smallest absolute Gasteiger partial charge is 0.308 e. The van der Waals surface area contributed by atoms with Crippen LogP contribution in [0.25, 0.3) is 0 Å². The molecule has 1 amide bonds. The number of carboxylic acid groups (broad SMARTS) is 1. The van der Waals surface area contributed by atoms with Crippen LogP contribution in [0.2, 0.25) is 0 Å². The van der Waals surface area contributed by atoms with Crippen LogP contribution in [0, 0.1) is 5.92 Å². The molecule has 0 spiro atoms. The Morgan fingerprint density at radius 1 is 1.30 bits per heavy atom. The number of hydrogen-bond acceptors (Lipinski definition) is 2. The summed E-state index contributed by atoms with van der Waals surface area (Å²) in [6.45, 7) is 3.82. The van der Waals surface area contributed by atoms with Crippen molar-refractivity contribution in [2.75, 3.05) is 6.54 Å².